The first-order chi connectivity index (χ1) is 16.3. The van der Waals surface area contributed by atoms with Gasteiger partial charge < -0.3 is 0 Å². The highest BCUT2D eigenvalue weighted by atomic mass is 32.2. The number of thiazole rings is 1. The van der Waals surface area contributed by atoms with Crippen molar-refractivity contribution < 1.29 is 16.8 Å². The van der Waals surface area contributed by atoms with Crippen LogP contribution in [0.2, 0.25) is 0 Å². The van der Waals surface area contributed by atoms with Crippen molar-refractivity contribution in [3.8, 4) is 0 Å². The summed E-state index contributed by atoms with van der Waals surface area (Å²) in [6.45, 7) is 3.28. The van der Waals surface area contributed by atoms with Crippen molar-refractivity contribution >= 4 is 41.6 Å². The molecule has 10 heteroatoms. The highest BCUT2D eigenvalue weighted by molar-refractivity contribution is 7.89. The lowest BCUT2D eigenvalue weighted by Crippen LogP contribution is -2.41. The van der Waals surface area contributed by atoms with E-state index in [1.54, 1.807) is 11.3 Å². The molecule has 2 aliphatic rings. The molecule has 3 heterocycles. The molecule has 2 fully saturated rings. The van der Waals surface area contributed by atoms with E-state index >= 15 is 0 Å². The minimum atomic E-state index is -3.68. The standard InChI is InChI=1S/C24H29N3O4S3/c1-18-6-4-5-15-27(18)34(30,31)21-11-9-20(10-12-21)33(28,29)26-16-13-19(14-17-26)24-25-22-7-2-3-8-23(22)32-24/h2-3,7-12,18-19H,4-6,13-17H2,1H3. The van der Waals surface area contributed by atoms with Gasteiger partial charge in [-0.1, -0.05) is 18.6 Å². The van der Waals surface area contributed by atoms with Crippen LogP contribution >= 0.6 is 11.3 Å². The molecular formula is C24H29N3O4S3. The first kappa shape index (κ1) is 23.9. The molecule has 1 atom stereocenters. The van der Waals surface area contributed by atoms with Crippen molar-refractivity contribution in [3.05, 3.63) is 53.5 Å². The molecule has 34 heavy (non-hydrogen) atoms. The maximum Gasteiger partial charge on any atom is 0.243 e. The Labute approximate surface area is 205 Å². The highest BCUT2D eigenvalue weighted by Gasteiger charge is 2.33. The van der Waals surface area contributed by atoms with Gasteiger partial charge in [-0.15, -0.1) is 11.3 Å². The summed E-state index contributed by atoms with van der Waals surface area (Å²) < 4.78 is 56.8. The van der Waals surface area contributed by atoms with Gasteiger partial charge in [-0.2, -0.15) is 8.61 Å². The Morgan fingerprint density at radius 1 is 0.824 bits per heavy atom. The van der Waals surface area contributed by atoms with Gasteiger partial charge in [0.05, 0.1) is 25.0 Å². The summed E-state index contributed by atoms with van der Waals surface area (Å²) in [5.74, 6) is 0.253. The van der Waals surface area contributed by atoms with Crippen molar-refractivity contribution in [2.75, 3.05) is 19.6 Å². The molecule has 7 nitrogen and oxygen atoms in total. The molecule has 2 aliphatic heterocycles. The first-order valence-corrected chi connectivity index (χ1v) is 15.4. The summed E-state index contributed by atoms with van der Waals surface area (Å²) in [7, 11) is -7.31. The van der Waals surface area contributed by atoms with E-state index < -0.39 is 20.0 Å². The summed E-state index contributed by atoms with van der Waals surface area (Å²) >= 11 is 1.68. The molecule has 3 aromatic rings. The molecule has 0 saturated carbocycles. The Hall–Kier alpha value is -1.85. The maximum absolute atomic E-state index is 13.2. The van der Waals surface area contributed by atoms with Crippen molar-refractivity contribution in [1.29, 1.82) is 0 Å². The Morgan fingerprint density at radius 3 is 2.12 bits per heavy atom. The number of piperidine rings is 2. The van der Waals surface area contributed by atoms with Crippen LogP contribution in [-0.4, -0.2) is 56.1 Å². The molecule has 0 bridgehead atoms. The largest absolute Gasteiger partial charge is 0.243 e. The summed E-state index contributed by atoms with van der Waals surface area (Å²) in [5, 5.41) is 1.07. The van der Waals surface area contributed by atoms with E-state index in [2.05, 4.69) is 6.07 Å². The van der Waals surface area contributed by atoms with Gasteiger partial charge in [-0.05, 0) is 69.0 Å². The average Bonchev–Trinajstić information content (AvgIpc) is 3.29. The summed E-state index contributed by atoms with van der Waals surface area (Å²) in [6, 6.07) is 13.7. The minimum Gasteiger partial charge on any atom is -0.241 e. The molecule has 0 N–H and O–H groups in total. The quantitative estimate of drug-likeness (QED) is 0.498. The second kappa shape index (κ2) is 9.31. The number of hydrogen-bond donors (Lipinski definition) is 0. The van der Waals surface area contributed by atoms with Gasteiger partial charge in [0.25, 0.3) is 0 Å². The van der Waals surface area contributed by atoms with Crippen LogP contribution < -0.4 is 0 Å². The van der Waals surface area contributed by atoms with Crippen molar-refractivity contribution in [1.82, 2.24) is 13.6 Å². The molecule has 2 aromatic carbocycles. The van der Waals surface area contributed by atoms with Gasteiger partial charge in [0, 0.05) is 31.6 Å². The minimum absolute atomic E-state index is 0.0427. The van der Waals surface area contributed by atoms with Gasteiger partial charge in [0.15, 0.2) is 0 Å². The fourth-order valence-corrected chi connectivity index (χ4v) is 9.21. The third-order valence-corrected chi connectivity index (χ3v) is 12.1. The monoisotopic (exact) mass is 519 g/mol. The van der Waals surface area contributed by atoms with Crippen molar-refractivity contribution in [2.45, 2.75) is 60.8 Å². The van der Waals surface area contributed by atoms with Crippen LogP contribution in [0.15, 0.2) is 58.3 Å². The van der Waals surface area contributed by atoms with Gasteiger partial charge >= 0.3 is 0 Å². The van der Waals surface area contributed by atoms with E-state index in [4.69, 9.17) is 4.98 Å². The number of nitrogens with zero attached hydrogens (tertiary/aromatic N) is 3. The van der Waals surface area contributed by atoms with E-state index in [9.17, 15) is 16.8 Å². The SMILES string of the molecule is CC1CCCCN1S(=O)(=O)c1ccc(S(=O)(=O)N2CCC(c3nc4ccccc4s3)CC2)cc1. The fraction of sp³-hybridized carbons (Fsp3) is 0.458. The second-order valence-electron chi connectivity index (χ2n) is 9.13. The number of hydrogen-bond acceptors (Lipinski definition) is 6. The summed E-state index contributed by atoms with van der Waals surface area (Å²) in [6.07, 6.45) is 4.17. The Bertz CT molecular complexity index is 1340. The van der Waals surface area contributed by atoms with Gasteiger partial charge in [0.1, 0.15) is 0 Å². The highest BCUT2D eigenvalue weighted by Crippen LogP contribution is 2.35. The number of para-hydroxylation sites is 1. The molecule has 0 radical (unpaired) electrons. The molecule has 182 valence electrons. The zero-order valence-electron chi connectivity index (χ0n) is 19.1. The van der Waals surface area contributed by atoms with Gasteiger partial charge in [-0.3, -0.25) is 0 Å². The molecule has 2 saturated heterocycles. The van der Waals surface area contributed by atoms with Crippen LogP contribution in [-0.2, 0) is 20.0 Å². The third-order valence-electron chi connectivity index (χ3n) is 6.92. The molecule has 5 rings (SSSR count). The van der Waals surface area contributed by atoms with Gasteiger partial charge in [0.2, 0.25) is 20.0 Å². The Balaban J connectivity index is 1.28. The zero-order valence-corrected chi connectivity index (χ0v) is 21.6. The van der Waals surface area contributed by atoms with E-state index in [-0.39, 0.29) is 21.8 Å². The lowest BCUT2D eigenvalue weighted by Gasteiger charge is -2.32. The summed E-state index contributed by atoms with van der Waals surface area (Å²) in [5.41, 5.74) is 0.992. The predicted octanol–water partition coefficient (Wildman–Crippen LogP) is 4.43. The number of sulfonamides is 2. The van der Waals surface area contributed by atoms with Crippen molar-refractivity contribution in [3.63, 3.8) is 0 Å². The topological polar surface area (TPSA) is 87.7 Å². The average molecular weight is 520 g/mol. The predicted molar refractivity (Wildman–Crippen MR) is 134 cm³/mol. The van der Waals surface area contributed by atoms with Crippen LogP contribution in [0.1, 0.15) is 50.0 Å². The number of aromatic nitrogens is 1. The maximum atomic E-state index is 13.2. The van der Waals surface area contributed by atoms with Gasteiger partial charge in [-0.25, -0.2) is 21.8 Å². The lowest BCUT2D eigenvalue weighted by molar-refractivity contribution is 0.268. The molecule has 0 aliphatic carbocycles. The lowest BCUT2D eigenvalue weighted by atomic mass is 9.99. The molecule has 1 aromatic heterocycles. The van der Waals surface area contributed by atoms with Crippen LogP contribution in [0.4, 0.5) is 0 Å². The van der Waals surface area contributed by atoms with E-state index in [1.807, 2.05) is 25.1 Å². The normalized spacial score (nSPS) is 21.7. The fourth-order valence-electron chi connectivity index (χ4n) is 4.90. The molecule has 0 amide bonds. The molecule has 0 spiro atoms. The van der Waals surface area contributed by atoms with E-state index in [1.165, 1.54) is 32.9 Å². The smallest absolute Gasteiger partial charge is 0.241 e. The van der Waals surface area contributed by atoms with Crippen LogP contribution in [0.5, 0.6) is 0 Å². The van der Waals surface area contributed by atoms with E-state index in [0.29, 0.717) is 19.6 Å². The van der Waals surface area contributed by atoms with Crippen LogP contribution in [0.25, 0.3) is 10.2 Å². The van der Waals surface area contributed by atoms with E-state index in [0.717, 1.165) is 47.3 Å². The second-order valence-corrected chi connectivity index (χ2v) is 14.0. The van der Waals surface area contributed by atoms with Crippen molar-refractivity contribution in [2.24, 2.45) is 0 Å². The molecule has 1 unspecified atom stereocenters. The third kappa shape index (κ3) is 4.42. The molecular weight excluding hydrogens is 490 g/mol. The Kier molecular flexibility index (Phi) is 6.54. The van der Waals surface area contributed by atoms with Crippen LogP contribution in [0.3, 0.4) is 0 Å². The first-order valence-electron chi connectivity index (χ1n) is 11.7. The number of benzene rings is 2. The number of fused-ring (bicyclic) bond motifs is 1. The number of rotatable bonds is 5. The Morgan fingerprint density at radius 2 is 1.47 bits per heavy atom. The summed E-state index contributed by atoms with van der Waals surface area (Å²) in [4.78, 5) is 5.03. The van der Waals surface area contributed by atoms with Crippen LogP contribution in [0, 0.1) is 0 Å². The zero-order chi connectivity index (χ0) is 23.9.